The molecule has 0 spiro atoms. The molecule has 21 heavy (non-hydrogen) atoms. The summed E-state index contributed by atoms with van der Waals surface area (Å²) in [4.78, 5) is 23.6. The average molecular weight is 288 g/mol. The van der Waals surface area contributed by atoms with Crippen LogP contribution >= 0.6 is 0 Å². The van der Waals surface area contributed by atoms with Crippen LogP contribution in [0.25, 0.3) is 0 Å². The van der Waals surface area contributed by atoms with Gasteiger partial charge in [0.1, 0.15) is 5.76 Å². The second kappa shape index (κ2) is 6.69. The van der Waals surface area contributed by atoms with Crippen molar-refractivity contribution in [3.8, 4) is 0 Å². The quantitative estimate of drug-likeness (QED) is 0.851. The number of nitrogens with zero attached hydrogens (tertiary/aromatic N) is 1. The number of amides is 1. The smallest absolute Gasteiger partial charge is 0.307 e. The summed E-state index contributed by atoms with van der Waals surface area (Å²) < 4.78 is 9.54. The normalized spacial score (nSPS) is 11.7. The lowest BCUT2D eigenvalue weighted by Crippen LogP contribution is -2.30. The van der Waals surface area contributed by atoms with Crippen LogP contribution in [0, 0.1) is 6.92 Å². The number of ether oxygens (including phenoxy) is 1. The molecule has 0 radical (unpaired) electrons. The van der Waals surface area contributed by atoms with Crippen LogP contribution in [0.2, 0.25) is 0 Å². The first-order valence-corrected chi connectivity index (χ1v) is 6.46. The van der Waals surface area contributed by atoms with Gasteiger partial charge in [-0.1, -0.05) is 35.5 Å². The Balaban J connectivity index is 2.16. The summed E-state index contributed by atoms with van der Waals surface area (Å²) in [6.07, 6.45) is 0.0447. The van der Waals surface area contributed by atoms with Gasteiger partial charge in [0.2, 0.25) is 0 Å². The van der Waals surface area contributed by atoms with Crippen LogP contribution < -0.4 is 5.32 Å². The first kappa shape index (κ1) is 14.8. The minimum atomic E-state index is -0.483. The summed E-state index contributed by atoms with van der Waals surface area (Å²) >= 11 is 0. The predicted molar refractivity (Wildman–Crippen MR) is 74.5 cm³/mol. The zero-order valence-electron chi connectivity index (χ0n) is 11.8. The second-order valence-corrected chi connectivity index (χ2v) is 4.54. The summed E-state index contributed by atoms with van der Waals surface area (Å²) in [5.41, 5.74) is 0.995. The number of hydrogen-bond acceptors (Lipinski definition) is 5. The largest absolute Gasteiger partial charge is 0.469 e. The molecule has 1 amide bonds. The molecule has 0 fully saturated rings. The van der Waals surface area contributed by atoms with E-state index in [0.29, 0.717) is 5.76 Å². The molecule has 0 saturated heterocycles. The van der Waals surface area contributed by atoms with Crippen LogP contribution in [0.15, 0.2) is 40.9 Å². The number of rotatable bonds is 5. The topological polar surface area (TPSA) is 81.4 Å². The maximum atomic E-state index is 12.1. The van der Waals surface area contributed by atoms with Crippen LogP contribution in [0.3, 0.4) is 0 Å². The number of methoxy groups -OCH3 is 1. The van der Waals surface area contributed by atoms with Gasteiger partial charge >= 0.3 is 5.97 Å². The molecular weight excluding hydrogens is 272 g/mol. The van der Waals surface area contributed by atoms with Crippen molar-refractivity contribution in [1.29, 1.82) is 0 Å². The van der Waals surface area contributed by atoms with Crippen molar-refractivity contribution in [3.63, 3.8) is 0 Å². The van der Waals surface area contributed by atoms with Gasteiger partial charge in [-0.25, -0.2) is 0 Å². The van der Waals surface area contributed by atoms with E-state index in [2.05, 4.69) is 15.2 Å². The third kappa shape index (κ3) is 3.92. The van der Waals surface area contributed by atoms with Crippen LogP contribution in [0.5, 0.6) is 0 Å². The Bertz CT molecular complexity index is 622. The highest BCUT2D eigenvalue weighted by Crippen LogP contribution is 2.18. The number of carbonyl (C=O) groups is 2. The van der Waals surface area contributed by atoms with E-state index in [9.17, 15) is 9.59 Å². The third-order valence-electron chi connectivity index (χ3n) is 2.97. The highest BCUT2D eigenvalue weighted by molar-refractivity contribution is 5.92. The Hall–Kier alpha value is -2.63. The van der Waals surface area contributed by atoms with Crippen molar-refractivity contribution >= 4 is 11.9 Å². The molecular formula is C15H16N2O4. The van der Waals surface area contributed by atoms with Crippen LogP contribution in [0.1, 0.15) is 34.3 Å². The molecule has 6 heteroatoms. The molecule has 0 aliphatic heterocycles. The lowest BCUT2D eigenvalue weighted by atomic mass is 10.0. The van der Waals surface area contributed by atoms with E-state index in [1.54, 1.807) is 6.92 Å². The van der Waals surface area contributed by atoms with Gasteiger partial charge in [-0.05, 0) is 12.5 Å². The molecule has 1 aromatic carbocycles. The SMILES string of the molecule is COC(=O)C[C@H](NC(=O)c1cc(C)on1)c1ccccc1. The molecule has 0 aliphatic carbocycles. The number of benzene rings is 1. The summed E-state index contributed by atoms with van der Waals surface area (Å²) in [6, 6.07) is 10.3. The van der Waals surface area contributed by atoms with E-state index < -0.39 is 17.9 Å². The predicted octanol–water partition coefficient (Wildman–Crippen LogP) is 2.02. The van der Waals surface area contributed by atoms with Crippen LogP contribution in [0.4, 0.5) is 0 Å². The summed E-state index contributed by atoms with van der Waals surface area (Å²) in [7, 11) is 1.31. The average Bonchev–Trinajstić information content (AvgIpc) is 2.94. The molecule has 2 aromatic rings. The maximum absolute atomic E-state index is 12.1. The van der Waals surface area contributed by atoms with E-state index in [1.807, 2.05) is 30.3 Å². The molecule has 110 valence electrons. The van der Waals surface area contributed by atoms with Crippen molar-refractivity contribution in [1.82, 2.24) is 10.5 Å². The number of aryl methyl sites for hydroxylation is 1. The molecule has 1 heterocycles. The number of hydrogen-bond donors (Lipinski definition) is 1. The molecule has 6 nitrogen and oxygen atoms in total. The number of aromatic nitrogens is 1. The van der Waals surface area contributed by atoms with Gasteiger partial charge in [0.05, 0.1) is 19.6 Å². The Kier molecular flexibility index (Phi) is 4.71. The van der Waals surface area contributed by atoms with Crippen molar-refractivity contribution in [2.45, 2.75) is 19.4 Å². The van der Waals surface area contributed by atoms with Gasteiger partial charge in [-0.15, -0.1) is 0 Å². The van der Waals surface area contributed by atoms with E-state index in [-0.39, 0.29) is 12.1 Å². The van der Waals surface area contributed by atoms with Crippen molar-refractivity contribution < 1.29 is 18.8 Å². The van der Waals surface area contributed by atoms with Gasteiger partial charge in [-0.3, -0.25) is 9.59 Å². The molecule has 0 aliphatic rings. The Morgan fingerprint density at radius 1 is 1.33 bits per heavy atom. The maximum Gasteiger partial charge on any atom is 0.307 e. The fourth-order valence-corrected chi connectivity index (χ4v) is 1.89. The highest BCUT2D eigenvalue weighted by atomic mass is 16.5. The Labute approximate surface area is 122 Å². The van der Waals surface area contributed by atoms with Gasteiger partial charge in [0.15, 0.2) is 5.69 Å². The van der Waals surface area contributed by atoms with E-state index >= 15 is 0 Å². The standard InChI is InChI=1S/C15H16N2O4/c1-10-8-13(17-21-10)15(19)16-12(9-14(18)20-2)11-6-4-3-5-7-11/h3-8,12H,9H2,1-2H3,(H,16,19)/t12-/m0/s1. The van der Waals surface area contributed by atoms with Gasteiger partial charge in [-0.2, -0.15) is 0 Å². The molecule has 0 bridgehead atoms. The highest BCUT2D eigenvalue weighted by Gasteiger charge is 2.21. The molecule has 0 saturated carbocycles. The first-order chi connectivity index (χ1) is 10.1. The van der Waals surface area contributed by atoms with Crippen molar-refractivity contribution in [2.75, 3.05) is 7.11 Å². The molecule has 1 atom stereocenters. The Morgan fingerprint density at radius 2 is 2.05 bits per heavy atom. The monoisotopic (exact) mass is 288 g/mol. The molecule has 1 aromatic heterocycles. The lowest BCUT2D eigenvalue weighted by molar-refractivity contribution is -0.141. The summed E-state index contributed by atoms with van der Waals surface area (Å²) in [6.45, 7) is 1.70. The van der Waals surface area contributed by atoms with E-state index in [4.69, 9.17) is 4.52 Å². The van der Waals surface area contributed by atoms with E-state index in [0.717, 1.165) is 5.56 Å². The van der Waals surface area contributed by atoms with Crippen molar-refractivity contribution in [3.05, 3.63) is 53.4 Å². The van der Waals surface area contributed by atoms with Crippen LogP contribution in [-0.4, -0.2) is 24.1 Å². The second-order valence-electron chi connectivity index (χ2n) is 4.54. The number of carbonyl (C=O) groups excluding carboxylic acids is 2. The lowest BCUT2D eigenvalue weighted by Gasteiger charge is -2.17. The molecule has 2 rings (SSSR count). The minimum absolute atomic E-state index is 0.0447. The van der Waals surface area contributed by atoms with Crippen LogP contribution in [-0.2, 0) is 9.53 Å². The summed E-state index contributed by atoms with van der Waals surface area (Å²) in [5.74, 6) is -0.255. The minimum Gasteiger partial charge on any atom is -0.469 e. The first-order valence-electron chi connectivity index (χ1n) is 6.46. The molecule has 0 unspecified atom stereocenters. The fraction of sp³-hybridized carbons (Fsp3) is 0.267. The zero-order valence-corrected chi connectivity index (χ0v) is 11.8. The van der Waals surface area contributed by atoms with E-state index in [1.165, 1.54) is 13.2 Å². The van der Waals surface area contributed by atoms with Gasteiger partial charge in [0.25, 0.3) is 5.91 Å². The molecule has 1 N–H and O–H groups in total. The third-order valence-corrected chi connectivity index (χ3v) is 2.97. The number of esters is 1. The number of nitrogens with one attached hydrogen (secondary N) is 1. The Morgan fingerprint density at radius 3 is 2.62 bits per heavy atom. The van der Waals surface area contributed by atoms with Gasteiger partial charge in [0, 0.05) is 6.07 Å². The summed E-state index contributed by atoms with van der Waals surface area (Å²) in [5, 5.41) is 6.42. The van der Waals surface area contributed by atoms with Crippen molar-refractivity contribution in [2.24, 2.45) is 0 Å². The van der Waals surface area contributed by atoms with Gasteiger partial charge < -0.3 is 14.6 Å². The fourth-order valence-electron chi connectivity index (χ4n) is 1.89. The zero-order chi connectivity index (χ0) is 15.2.